The van der Waals surface area contributed by atoms with Gasteiger partial charge < -0.3 is 14.6 Å². The molecule has 5 nitrogen and oxygen atoms in total. The molecule has 0 saturated heterocycles. The lowest BCUT2D eigenvalue weighted by molar-refractivity contribution is -0.274. The van der Waals surface area contributed by atoms with Crippen molar-refractivity contribution in [1.29, 1.82) is 0 Å². The summed E-state index contributed by atoms with van der Waals surface area (Å²) in [5.74, 6) is -0.775. The Morgan fingerprint density at radius 2 is 1.50 bits per heavy atom. The van der Waals surface area contributed by atoms with Crippen LogP contribution in [0.1, 0.15) is 42.1 Å². The molecule has 0 heterocycles. The Morgan fingerprint density at radius 3 is 2.08 bits per heavy atom. The number of carbonyl (C=O) groups is 1. The molecule has 4 aromatic carbocycles. The van der Waals surface area contributed by atoms with Crippen LogP contribution in [-0.4, -0.2) is 29.4 Å². The van der Waals surface area contributed by atoms with Crippen molar-refractivity contribution in [2.75, 3.05) is 7.11 Å². The monoisotopic (exact) mass is 549 g/mol. The maximum Gasteiger partial charge on any atom is 0.573 e. The number of carboxylic acids is 1. The van der Waals surface area contributed by atoms with Gasteiger partial charge in [-0.2, -0.15) is 0 Å². The van der Waals surface area contributed by atoms with Gasteiger partial charge in [-0.15, -0.1) is 13.2 Å². The lowest BCUT2D eigenvalue weighted by Crippen LogP contribution is -2.32. The molecule has 0 amide bonds. The summed E-state index contributed by atoms with van der Waals surface area (Å²) in [6.45, 7) is 2.55. The summed E-state index contributed by atoms with van der Waals surface area (Å²) in [4.78, 5) is 14.3. The second-order valence-electron chi connectivity index (χ2n) is 9.39. The van der Waals surface area contributed by atoms with Gasteiger partial charge in [-0.1, -0.05) is 78.9 Å². The smallest absolute Gasteiger partial charge is 0.496 e. The fourth-order valence-electron chi connectivity index (χ4n) is 4.82. The van der Waals surface area contributed by atoms with Crippen molar-refractivity contribution in [1.82, 2.24) is 4.90 Å². The number of carboxylic acid groups (broad SMARTS) is 1. The second kappa shape index (κ2) is 12.7. The lowest BCUT2D eigenvalue weighted by Gasteiger charge is -2.37. The van der Waals surface area contributed by atoms with Gasteiger partial charge in [-0.25, -0.2) is 0 Å². The zero-order chi connectivity index (χ0) is 28.7. The fourth-order valence-corrected chi connectivity index (χ4v) is 4.82. The van der Waals surface area contributed by atoms with E-state index in [-0.39, 0.29) is 18.2 Å². The standard InChI is InChI=1S/C32H30F3NO4/c1-22(24-11-7-4-8-12-24)36(21-23-9-5-3-6-10-23)29(20-31(37)38)26-15-18-30(39-2)28(19-26)25-13-16-27(17-14-25)40-32(33,34)35/h3-19,22,29H,20-21H2,1-2H3,(H,37,38). The molecule has 0 aliphatic heterocycles. The number of methoxy groups -OCH3 is 1. The van der Waals surface area contributed by atoms with Gasteiger partial charge in [0.05, 0.1) is 13.5 Å². The summed E-state index contributed by atoms with van der Waals surface area (Å²) in [7, 11) is 1.51. The van der Waals surface area contributed by atoms with Crippen LogP contribution in [0.5, 0.6) is 11.5 Å². The van der Waals surface area contributed by atoms with Gasteiger partial charge in [0.25, 0.3) is 0 Å². The highest BCUT2D eigenvalue weighted by atomic mass is 19.4. The highest BCUT2D eigenvalue weighted by molar-refractivity contribution is 5.73. The van der Waals surface area contributed by atoms with E-state index in [9.17, 15) is 23.1 Å². The molecule has 0 saturated carbocycles. The van der Waals surface area contributed by atoms with Crippen LogP contribution in [0.4, 0.5) is 13.2 Å². The minimum Gasteiger partial charge on any atom is -0.496 e. The molecule has 0 radical (unpaired) electrons. The van der Waals surface area contributed by atoms with E-state index in [0.717, 1.165) is 16.7 Å². The first-order valence-corrected chi connectivity index (χ1v) is 12.7. The van der Waals surface area contributed by atoms with Crippen LogP contribution in [0.15, 0.2) is 103 Å². The topological polar surface area (TPSA) is 59.0 Å². The summed E-state index contributed by atoms with van der Waals surface area (Å²) in [6.07, 6.45) is -4.95. The number of benzene rings is 4. The van der Waals surface area contributed by atoms with Crippen molar-refractivity contribution in [2.45, 2.75) is 38.3 Å². The molecular weight excluding hydrogens is 519 g/mol. The summed E-state index contributed by atoms with van der Waals surface area (Å²) in [5, 5.41) is 9.97. The van der Waals surface area contributed by atoms with Crippen molar-refractivity contribution in [2.24, 2.45) is 0 Å². The van der Waals surface area contributed by atoms with Crippen LogP contribution in [0.25, 0.3) is 11.1 Å². The van der Waals surface area contributed by atoms with Crippen LogP contribution in [0.3, 0.4) is 0 Å². The summed E-state index contributed by atoms with van der Waals surface area (Å²) < 4.78 is 47.5. The number of ether oxygens (including phenoxy) is 2. The van der Waals surface area contributed by atoms with Gasteiger partial charge in [0.2, 0.25) is 0 Å². The Balaban J connectivity index is 1.78. The van der Waals surface area contributed by atoms with Crippen molar-refractivity contribution < 1.29 is 32.5 Å². The molecular formula is C32H30F3NO4. The highest BCUT2D eigenvalue weighted by Gasteiger charge is 2.31. The van der Waals surface area contributed by atoms with E-state index < -0.39 is 18.4 Å². The summed E-state index contributed by atoms with van der Waals surface area (Å²) >= 11 is 0. The van der Waals surface area contributed by atoms with Gasteiger partial charge in [-0.3, -0.25) is 9.69 Å². The fraction of sp³-hybridized carbons (Fsp3) is 0.219. The van der Waals surface area contributed by atoms with Crippen molar-refractivity contribution >= 4 is 5.97 Å². The molecule has 2 unspecified atom stereocenters. The molecule has 0 fully saturated rings. The van der Waals surface area contributed by atoms with Crippen LogP contribution in [-0.2, 0) is 11.3 Å². The van der Waals surface area contributed by atoms with E-state index in [1.807, 2.05) is 72.8 Å². The molecule has 40 heavy (non-hydrogen) atoms. The third-order valence-electron chi connectivity index (χ3n) is 6.76. The number of rotatable bonds is 11. The van der Waals surface area contributed by atoms with Gasteiger partial charge in [0.15, 0.2) is 0 Å². The highest BCUT2D eigenvalue weighted by Crippen LogP contribution is 2.39. The van der Waals surface area contributed by atoms with Crippen molar-refractivity contribution in [3.8, 4) is 22.6 Å². The average molecular weight is 550 g/mol. The number of alkyl halides is 3. The molecule has 208 valence electrons. The van der Waals surface area contributed by atoms with Gasteiger partial charge in [0.1, 0.15) is 11.5 Å². The van der Waals surface area contributed by atoms with Gasteiger partial charge in [0, 0.05) is 24.2 Å². The predicted octanol–water partition coefficient (Wildman–Crippen LogP) is 8.04. The lowest BCUT2D eigenvalue weighted by atomic mass is 9.93. The summed E-state index contributed by atoms with van der Waals surface area (Å²) in [6, 6.07) is 30.0. The van der Waals surface area contributed by atoms with E-state index in [1.54, 1.807) is 6.07 Å². The summed E-state index contributed by atoms with van der Waals surface area (Å²) in [5.41, 5.74) is 4.05. The van der Waals surface area contributed by atoms with E-state index in [4.69, 9.17) is 4.74 Å². The van der Waals surface area contributed by atoms with E-state index in [0.29, 0.717) is 23.4 Å². The zero-order valence-corrected chi connectivity index (χ0v) is 22.1. The van der Waals surface area contributed by atoms with Crippen LogP contribution < -0.4 is 9.47 Å². The normalized spacial score (nSPS) is 13.1. The van der Waals surface area contributed by atoms with Gasteiger partial charge in [-0.05, 0) is 53.4 Å². The maximum atomic E-state index is 12.7. The molecule has 0 spiro atoms. The first kappa shape index (κ1) is 28.7. The Labute approximate surface area is 231 Å². The molecule has 8 heteroatoms. The Bertz CT molecular complexity index is 1390. The van der Waals surface area contributed by atoms with Crippen molar-refractivity contribution in [3.63, 3.8) is 0 Å². The van der Waals surface area contributed by atoms with E-state index in [1.165, 1.54) is 31.4 Å². The van der Waals surface area contributed by atoms with E-state index >= 15 is 0 Å². The molecule has 0 aliphatic carbocycles. The molecule has 0 bridgehead atoms. The first-order chi connectivity index (χ1) is 19.1. The number of hydrogen-bond donors (Lipinski definition) is 1. The number of aliphatic carboxylic acids is 1. The largest absolute Gasteiger partial charge is 0.573 e. The third-order valence-corrected chi connectivity index (χ3v) is 6.76. The molecule has 4 rings (SSSR count). The van der Waals surface area contributed by atoms with Crippen molar-refractivity contribution in [3.05, 3.63) is 120 Å². The van der Waals surface area contributed by atoms with E-state index in [2.05, 4.69) is 16.6 Å². The molecule has 0 aliphatic rings. The zero-order valence-electron chi connectivity index (χ0n) is 22.1. The first-order valence-electron chi connectivity index (χ1n) is 12.7. The Kier molecular flexibility index (Phi) is 9.11. The Hall–Kier alpha value is -4.30. The molecule has 1 N–H and O–H groups in total. The minimum absolute atomic E-state index is 0.130. The maximum absolute atomic E-state index is 12.7. The SMILES string of the molecule is COc1ccc(C(CC(=O)O)N(Cc2ccccc2)C(C)c2ccccc2)cc1-c1ccc(OC(F)(F)F)cc1. The molecule has 4 aromatic rings. The minimum atomic E-state index is -4.79. The predicted molar refractivity (Wildman–Crippen MR) is 147 cm³/mol. The number of hydrogen-bond acceptors (Lipinski definition) is 4. The number of nitrogens with zero attached hydrogens (tertiary/aromatic N) is 1. The van der Waals surface area contributed by atoms with Crippen LogP contribution >= 0.6 is 0 Å². The van der Waals surface area contributed by atoms with Gasteiger partial charge >= 0.3 is 12.3 Å². The molecule has 0 aromatic heterocycles. The second-order valence-corrected chi connectivity index (χ2v) is 9.39. The average Bonchev–Trinajstić information content (AvgIpc) is 2.94. The quantitative estimate of drug-likeness (QED) is 0.205. The Morgan fingerprint density at radius 1 is 0.875 bits per heavy atom. The number of halogens is 3. The molecule has 2 atom stereocenters. The van der Waals surface area contributed by atoms with Crippen LogP contribution in [0, 0.1) is 0 Å². The van der Waals surface area contributed by atoms with Crippen LogP contribution in [0.2, 0.25) is 0 Å². The third kappa shape index (κ3) is 7.42.